The minimum atomic E-state index is -0.467. The van der Waals surface area contributed by atoms with Crippen LogP contribution in [0.25, 0.3) is 0 Å². The zero-order chi connectivity index (χ0) is 12.3. The van der Waals surface area contributed by atoms with Crippen LogP contribution in [0.1, 0.15) is 36.7 Å². The van der Waals surface area contributed by atoms with Gasteiger partial charge in [-0.25, -0.2) is 0 Å². The Kier molecular flexibility index (Phi) is 3.48. The summed E-state index contributed by atoms with van der Waals surface area (Å²) >= 11 is 0. The molecular weight excluding hydrogens is 202 g/mol. The number of hydrogen-bond donors (Lipinski definition) is 1. The molecular formula is C13H17NO2. The van der Waals surface area contributed by atoms with Crippen molar-refractivity contribution in [2.24, 2.45) is 5.41 Å². The van der Waals surface area contributed by atoms with E-state index >= 15 is 0 Å². The van der Waals surface area contributed by atoms with Crippen LogP contribution in [0.5, 0.6) is 0 Å². The first kappa shape index (κ1) is 12.4. The fraction of sp³-hybridized carbons (Fsp3) is 0.385. The third kappa shape index (κ3) is 2.92. The largest absolute Gasteiger partial charge is 0.325 e. The molecule has 0 atom stereocenters. The minimum Gasteiger partial charge on any atom is -0.325 e. The summed E-state index contributed by atoms with van der Waals surface area (Å²) in [5.41, 5.74) is 1.61. The Labute approximate surface area is 95.9 Å². The van der Waals surface area contributed by atoms with Crippen LogP contribution in [-0.4, -0.2) is 12.2 Å². The summed E-state index contributed by atoms with van der Waals surface area (Å²) in [4.78, 5) is 22.6. The van der Waals surface area contributed by atoms with E-state index in [0.29, 0.717) is 11.3 Å². The van der Waals surface area contributed by atoms with E-state index in [4.69, 9.17) is 0 Å². The Bertz CT molecular complexity index is 416. The number of aryl methyl sites for hydroxylation is 1. The Hall–Kier alpha value is -1.64. The fourth-order valence-electron chi connectivity index (χ4n) is 1.20. The Balaban J connectivity index is 2.98. The van der Waals surface area contributed by atoms with Crippen molar-refractivity contribution >= 4 is 17.9 Å². The van der Waals surface area contributed by atoms with Gasteiger partial charge in [0.05, 0.1) is 5.69 Å². The minimum absolute atomic E-state index is 0.0977. The lowest BCUT2D eigenvalue weighted by Crippen LogP contribution is -2.28. The molecule has 0 aromatic heterocycles. The van der Waals surface area contributed by atoms with E-state index in [1.165, 1.54) is 0 Å². The van der Waals surface area contributed by atoms with Crippen LogP contribution in [0.3, 0.4) is 0 Å². The lowest BCUT2D eigenvalue weighted by atomic mass is 9.95. The van der Waals surface area contributed by atoms with Gasteiger partial charge in [-0.15, -0.1) is 0 Å². The number of hydrogen-bond acceptors (Lipinski definition) is 2. The number of rotatable bonds is 2. The first-order valence-corrected chi connectivity index (χ1v) is 5.22. The van der Waals surface area contributed by atoms with Crippen LogP contribution >= 0.6 is 0 Å². The van der Waals surface area contributed by atoms with Gasteiger partial charge in [-0.05, 0) is 19.1 Å². The molecule has 0 bridgehead atoms. The molecule has 1 aromatic rings. The first-order chi connectivity index (χ1) is 7.34. The van der Waals surface area contributed by atoms with Gasteiger partial charge in [0.25, 0.3) is 0 Å². The third-order valence-electron chi connectivity index (χ3n) is 2.26. The van der Waals surface area contributed by atoms with Crippen LogP contribution < -0.4 is 5.32 Å². The second-order valence-electron chi connectivity index (χ2n) is 4.91. The maximum Gasteiger partial charge on any atom is 0.229 e. The molecule has 0 radical (unpaired) electrons. The van der Waals surface area contributed by atoms with E-state index in [0.717, 1.165) is 11.8 Å². The van der Waals surface area contributed by atoms with Gasteiger partial charge in [0.1, 0.15) is 0 Å². The molecule has 0 unspecified atom stereocenters. The number of anilines is 1. The van der Waals surface area contributed by atoms with Crippen LogP contribution in [0.15, 0.2) is 18.2 Å². The van der Waals surface area contributed by atoms with Crippen LogP contribution in [0, 0.1) is 12.3 Å². The topological polar surface area (TPSA) is 46.2 Å². The summed E-state index contributed by atoms with van der Waals surface area (Å²) in [7, 11) is 0. The van der Waals surface area contributed by atoms with Gasteiger partial charge < -0.3 is 5.32 Å². The average molecular weight is 219 g/mol. The maximum atomic E-state index is 11.8. The molecule has 3 nitrogen and oxygen atoms in total. The van der Waals surface area contributed by atoms with Gasteiger partial charge in [-0.1, -0.05) is 32.4 Å². The van der Waals surface area contributed by atoms with Crippen molar-refractivity contribution in [3.8, 4) is 0 Å². The zero-order valence-electron chi connectivity index (χ0n) is 10.1. The molecule has 3 heteroatoms. The molecule has 1 rings (SSSR count). The fourth-order valence-corrected chi connectivity index (χ4v) is 1.20. The highest BCUT2D eigenvalue weighted by atomic mass is 16.2. The Morgan fingerprint density at radius 2 is 1.94 bits per heavy atom. The number of carbonyl (C=O) groups excluding carboxylic acids is 2. The van der Waals surface area contributed by atoms with E-state index in [1.807, 2.05) is 33.8 Å². The standard InChI is InChI=1S/C13H17NO2/c1-9-5-6-11(10(7-9)8-15)14-12(16)13(2,3)4/h5-8H,1-4H3,(H,14,16). The van der Waals surface area contributed by atoms with Crippen molar-refractivity contribution in [3.05, 3.63) is 29.3 Å². The van der Waals surface area contributed by atoms with Gasteiger partial charge in [0, 0.05) is 11.0 Å². The molecule has 0 heterocycles. The molecule has 0 saturated carbocycles. The second-order valence-corrected chi connectivity index (χ2v) is 4.91. The van der Waals surface area contributed by atoms with Gasteiger partial charge in [0.15, 0.2) is 6.29 Å². The number of nitrogens with one attached hydrogen (secondary N) is 1. The van der Waals surface area contributed by atoms with Crippen LogP contribution in [-0.2, 0) is 4.79 Å². The number of benzene rings is 1. The molecule has 1 aromatic carbocycles. The summed E-state index contributed by atoms with van der Waals surface area (Å²) < 4.78 is 0. The molecule has 0 fully saturated rings. The first-order valence-electron chi connectivity index (χ1n) is 5.22. The molecule has 0 saturated heterocycles. The highest BCUT2D eigenvalue weighted by molar-refractivity contribution is 5.98. The summed E-state index contributed by atoms with van der Waals surface area (Å²) in [6, 6.07) is 5.37. The van der Waals surface area contributed by atoms with Gasteiger partial charge >= 0.3 is 0 Å². The number of amides is 1. The Morgan fingerprint density at radius 3 is 2.44 bits per heavy atom. The summed E-state index contributed by atoms with van der Waals surface area (Å²) in [5, 5.41) is 2.76. The second kappa shape index (κ2) is 4.47. The normalized spacial score (nSPS) is 11.0. The summed E-state index contributed by atoms with van der Waals surface area (Å²) in [6.07, 6.45) is 0.755. The SMILES string of the molecule is Cc1ccc(NC(=O)C(C)(C)C)c(C=O)c1. The van der Waals surface area contributed by atoms with E-state index in [1.54, 1.807) is 12.1 Å². The highest BCUT2D eigenvalue weighted by Crippen LogP contribution is 2.20. The molecule has 86 valence electrons. The smallest absolute Gasteiger partial charge is 0.229 e. The van der Waals surface area contributed by atoms with Gasteiger partial charge in [-0.2, -0.15) is 0 Å². The highest BCUT2D eigenvalue weighted by Gasteiger charge is 2.21. The van der Waals surface area contributed by atoms with Crippen molar-refractivity contribution in [1.29, 1.82) is 0 Å². The molecule has 1 amide bonds. The number of carbonyl (C=O) groups is 2. The van der Waals surface area contributed by atoms with Gasteiger partial charge in [0.2, 0.25) is 5.91 Å². The van der Waals surface area contributed by atoms with Crippen molar-refractivity contribution in [3.63, 3.8) is 0 Å². The summed E-state index contributed by atoms with van der Waals surface area (Å²) in [6.45, 7) is 7.40. The lowest BCUT2D eigenvalue weighted by molar-refractivity contribution is -0.123. The van der Waals surface area contributed by atoms with E-state index < -0.39 is 5.41 Å². The molecule has 1 N–H and O–H groups in total. The summed E-state index contributed by atoms with van der Waals surface area (Å²) in [5.74, 6) is -0.0977. The van der Waals surface area contributed by atoms with Crippen LogP contribution in [0.2, 0.25) is 0 Å². The predicted octanol–water partition coefficient (Wildman–Crippen LogP) is 2.79. The molecule has 16 heavy (non-hydrogen) atoms. The average Bonchev–Trinajstić information content (AvgIpc) is 2.19. The lowest BCUT2D eigenvalue weighted by Gasteiger charge is -2.18. The predicted molar refractivity (Wildman–Crippen MR) is 64.7 cm³/mol. The molecule has 0 aliphatic rings. The van der Waals surface area contributed by atoms with Crippen molar-refractivity contribution < 1.29 is 9.59 Å². The Morgan fingerprint density at radius 1 is 1.31 bits per heavy atom. The van der Waals surface area contributed by atoms with Crippen molar-refractivity contribution in [1.82, 2.24) is 0 Å². The quantitative estimate of drug-likeness (QED) is 0.777. The van der Waals surface area contributed by atoms with Gasteiger partial charge in [-0.3, -0.25) is 9.59 Å². The number of aldehydes is 1. The molecule has 0 aliphatic heterocycles. The van der Waals surface area contributed by atoms with Crippen LogP contribution in [0.4, 0.5) is 5.69 Å². The molecule has 0 aliphatic carbocycles. The van der Waals surface area contributed by atoms with Crippen molar-refractivity contribution in [2.75, 3.05) is 5.32 Å². The third-order valence-corrected chi connectivity index (χ3v) is 2.26. The van der Waals surface area contributed by atoms with E-state index in [2.05, 4.69) is 5.32 Å². The maximum absolute atomic E-state index is 11.8. The van der Waals surface area contributed by atoms with Crippen molar-refractivity contribution in [2.45, 2.75) is 27.7 Å². The zero-order valence-corrected chi connectivity index (χ0v) is 10.1. The van der Waals surface area contributed by atoms with E-state index in [9.17, 15) is 9.59 Å². The monoisotopic (exact) mass is 219 g/mol. The molecule has 0 spiro atoms. The van der Waals surface area contributed by atoms with E-state index in [-0.39, 0.29) is 5.91 Å².